The second kappa shape index (κ2) is 4.72. The molecule has 2 N–H and O–H groups in total. The van der Waals surface area contributed by atoms with Crippen molar-refractivity contribution < 1.29 is 4.79 Å². The number of amides is 1. The molecule has 1 fully saturated rings. The highest BCUT2D eigenvalue weighted by atomic mass is 16.2. The molecule has 0 saturated carbocycles. The first-order valence-corrected chi connectivity index (χ1v) is 5.98. The highest BCUT2D eigenvalue weighted by Gasteiger charge is 2.33. The summed E-state index contributed by atoms with van der Waals surface area (Å²) in [6.07, 6.45) is 0. The van der Waals surface area contributed by atoms with E-state index in [1.54, 1.807) is 0 Å². The molecular weight excluding hydrogens is 202 g/mol. The van der Waals surface area contributed by atoms with Gasteiger partial charge in [0.1, 0.15) is 0 Å². The third-order valence-corrected chi connectivity index (χ3v) is 3.47. The molecular formula is C12H25N3O. The van der Waals surface area contributed by atoms with Crippen LogP contribution in [0.1, 0.15) is 27.7 Å². The van der Waals surface area contributed by atoms with Gasteiger partial charge in [0.2, 0.25) is 5.91 Å². The smallest absolute Gasteiger partial charge is 0.240 e. The normalized spacial score (nSPS) is 25.6. The predicted molar refractivity (Wildman–Crippen MR) is 66.1 cm³/mol. The summed E-state index contributed by atoms with van der Waals surface area (Å²) in [7, 11) is 2.09. The maximum Gasteiger partial charge on any atom is 0.240 e. The molecule has 1 heterocycles. The number of likely N-dealkylation sites (N-methyl/N-ethyl adjacent to an activating group) is 1. The zero-order chi connectivity index (χ0) is 12.5. The topological polar surface area (TPSA) is 49.6 Å². The Balaban J connectivity index is 2.62. The van der Waals surface area contributed by atoms with E-state index in [2.05, 4.69) is 18.9 Å². The molecule has 1 saturated heterocycles. The summed E-state index contributed by atoms with van der Waals surface area (Å²) in [4.78, 5) is 16.4. The standard InChI is InChI=1S/C12H25N3O/c1-9-8-15(7-6-14(9)5)11(16)10(13)12(2,3)4/h9-10H,6-8,13H2,1-5H3/t9?,10-/m1/s1. The first-order chi connectivity index (χ1) is 7.23. The van der Waals surface area contributed by atoms with Gasteiger partial charge in [-0.25, -0.2) is 0 Å². The van der Waals surface area contributed by atoms with E-state index >= 15 is 0 Å². The van der Waals surface area contributed by atoms with Gasteiger partial charge in [0.15, 0.2) is 0 Å². The second-order valence-electron chi connectivity index (χ2n) is 5.96. The van der Waals surface area contributed by atoms with Gasteiger partial charge >= 0.3 is 0 Å². The molecule has 4 heteroatoms. The summed E-state index contributed by atoms with van der Waals surface area (Å²) in [5.74, 6) is 0.0902. The Bertz CT molecular complexity index is 259. The Morgan fingerprint density at radius 1 is 1.38 bits per heavy atom. The van der Waals surface area contributed by atoms with Crippen molar-refractivity contribution >= 4 is 5.91 Å². The summed E-state index contributed by atoms with van der Waals surface area (Å²) >= 11 is 0. The van der Waals surface area contributed by atoms with E-state index in [4.69, 9.17) is 5.73 Å². The summed E-state index contributed by atoms with van der Waals surface area (Å²) < 4.78 is 0. The van der Waals surface area contributed by atoms with Gasteiger partial charge in [0.05, 0.1) is 6.04 Å². The zero-order valence-electron chi connectivity index (χ0n) is 11.2. The molecule has 1 aliphatic heterocycles. The van der Waals surface area contributed by atoms with Crippen molar-refractivity contribution in [3.63, 3.8) is 0 Å². The monoisotopic (exact) mass is 227 g/mol. The van der Waals surface area contributed by atoms with Crippen LogP contribution in [0.4, 0.5) is 0 Å². The van der Waals surface area contributed by atoms with Crippen LogP contribution in [0.3, 0.4) is 0 Å². The van der Waals surface area contributed by atoms with Crippen molar-refractivity contribution in [1.82, 2.24) is 9.80 Å². The molecule has 2 atom stereocenters. The van der Waals surface area contributed by atoms with Crippen molar-refractivity contribution in [3.05, 3.63) is 0 Å². The first-order valence-electron chi connectivity index (χ1n) is 5.98. The maximum absolute atomic E-state index is 12.2. The van der Waals surface area contributed by atoms with Crippen LogP contribution in [0.2, 0.25) is 0 Å². The van der Waals surface area contributed by atoms with E-state index in [9.17, 15) is 4.79 Å². The van der Waals surface area contributed by atoms with E-state index < -0.39 is 6.04 Å². The van der Waals surface area contributed by atoms with Crippen molar-refractivity contribution in [3.8, 4) is 0 Å². The highest BCUT2D eigenvalue weighted by Crippen LogP contribution is 2.20. The number of nitrogens with zero attached hydrogens (tertiary/aromatic N) is 2. The summed E-state index contributed by atoms with van der Waals surface area (Å²) in [5, 5.41) is 0. The van der Waals surface area contributed by atoms with Crippen LogP contribution in [0, 0.1) is 5.41 Å². The van der Waals surface area contributed by atoms with Gasteiger partial charge in [0.25, 0.3) is 0 Å². The molecule has 0 aliphatic carbocycles. The lowest BCUT2D eigenvalue weighted by molar-refractivity contribution is -0.137. The lowest BCUT2D eigenvalue weighted by atomic mass is 9.86. The Kier molecular flexibility index (Phi) is 3.97. The van der Waals surface area contributed by atoms with Crippen LogP contribution in [0.15, 0.2) is 0 Å². The van der Waals surface area contributed by atoms with E-state index in [1.807, 2.05) is 25.7 Å². The van der Waals surface area contributed by atoms with Crippen molar-refractivity contribution in [1.29, 1.82) is 0 Å². The molecule has 1 amide bonds. The molecule has 1 rings (SSSR count). The molecule has 1 unspecified atom stereocenters. The lowest BCUT2D eigenvalue weighted by Gasteiger charge is -2.40. The van der Waals surface area contributed by atoms with Crippen LogP contribution in [-0.4, -0.2) is 54.5 Å². The fourth-order valence-corrected chi connectivity index (χ4v) is 1.82. The maximum atomic E-state index is 12.2. The minimum Gasteiger partial charge on any atom is -0.338 e. The van der Waals surface area contributed by atoms with Gasteiger partial charge in [0, 0.05) is 25.7 Å². The Labute approximate surface area is 98.8 Å². The van der Waals surface area contributed by atoms with E-state index in [0.717, 1.165) is 19.6 Å². The number of piperazine rings is 1. The first kappa shape index (κ1) is 13.5. The number of hydrogen-bond acceptors (Lipinski definition) is 3. The van der Waals surface area contributed by atoms with Crippen molar-refractivity contribution in [2.75, 3.05) is 26.7 Å². The van der Waals surface area contributed by atoms with Crippen LogP contribution in [0.5, 0.6) is 0 Å². The molecule has 0 aromatic rings. The second-order valence-corrected chi connectivity index (χ2v) is 5.96. The van der Waals surface area contributed by atoms with Gasteiger partial charge in [-0.05, 0) is 19.4 Å². The lowest BCUT2D eigenvalue weighted by Crippen LogP contribution is -2.58. The van der Waals surface area contributed by atoms with E-state index in [1.165, 1.54) is 0 Å². The molecule has 0 radical (unpaired) electrons. The average molecular weight is 227 g/mol. The van der Waals surface area contributed by atoms with Crippen molar-refractivity contribution in [2.24, 2.45) is 11.1 Å². The Morgan fingerprint density at radius 3 is 2.38 bits per heavy atom. The Morgan fingerprint density at radius 2 is 1.94 bits per heavy atom. The average Bonchev–Trinajstić information content (AvgIpc) is 2.18. The van der Waals surface area contributed by atoms with Crippen LogP contribution in [-0.2, 0) is 4.79 Å². The number of carbonyl (C=O) groups excluding carboxylic acids is 1. The summed E-state index contributed by atoms with van der Waals surface area (Å²) in [6, 6.07) is 0.0213. The molecule has 94 valence electrons. The summed E-state index contributed by atoms with van der Waals surface area (Å²) in [6.45, 7) is 10.7. The van der Waals surface area contributed by atoms with Gasteiger partial charge in [-0.1, -0.05) is 20.8 Å². The molecule has 1 aliphatic rings. The minimum atomic E-state index is -0.400. The number of nitrogens with two attached hydrogens (primary N) is 1. The van der Waals surface area contributed by atoms with Crippen LogP contribution >= 0.6 is 0 Å². The van der Waals surface area contributed by atoms with Crippen LogP contribution < -0.4 is 5.73 Å². The minimum absolute atomic E-state index is 0.0902. The van der Waals surface area contributed by atoms with Crippen molar-refractivity contribution in [2.45, 2.75) is 39.8 Å². The van der Waals surface area contributed by atoms with Crippen LogP contribution in [0.25, 0.3) is 0 Å². The number of carbonyl (C=O) groups is 1. The quantitative estimate of drug-likeness (QED) is 0.710. The molecule has 0 bridgehead atoms. The van der Waals surface area contributed by atoms with E-state index in [0.29, 0.717) is 6.04 Å². The summed E-state index contributed by atoms with van der Waals surface area (Å²) in [5.41, 5.74) is 5.84. The Hall–Kier alpha value is -0.610. The fraction of sp³-hybridized carbons (Fsp3) is 0.917. The molecule has 16 heavy (non-hydrogen) atoms. The molecule has 0 aromatic heterocycles. The molecule has 4 nitrogen and oxygen atoms in total. The van der Waals surface area contributed by atoms with Gasteiger partial charge in [-0.15, -0.1) is 0 Å². The van der Waals surface area contributed by atoms with Gasteiger partial charge in [-0.3, -0.25) is 4.79 Å². The van der Waals surface area contributed by atoms with Gasteiger partial charge < -0.3 is 15.5 Å². The largest absolute Gasteiger partial charge is 0.338 e. The predicted octanol–water partition coefficient (Wildman–Crippen LogP) is 0.522. The molecule has 0 aromatic carbocycles. The number of hydrogen-bond donors (Lipinski definition) is 1. The van der Waals surface area contributed by atoms with E-state index in [-0.39, 0.29) is 11.3 Å². The third kappa shape index (κ3) is 2.95. The zero-order valence-corrected chi connectivity index (χ0v) is 11.2. The highest BCUT2D eigenvalue weighted by molar-refractivity contribution is 5.82. The fourth-order valence-electron chi connectivity index (χ4n) is 1.82. The molecule has 0 spiro atoms. The number of rotatable bonds is 1. The van der Waals surface area contributed by atoms with Gasteiger partial charge in [-0.2, -0.15) is 0 Å². The SMILES string of the molecule is CC1CN(C(=O)[C@@H](N)C(C)(C)C)CCN1C. The third-order valence-electron chi connectivity index (χ3n) is 3.47.